The van der Waals surface area contributed by atoms with Gasteiger partial charge in [0.2, 0.25) is 0 Å². The molecule has 9 heteroatoms. The fourth-order valence-electron chi connectivity index (χ4n) is 2.96. The minimum atomic E-state index is -0.743. The molecule has 0 atom stereocenters. The van der Waals surface area contributed by atoms with Gasteiger partial charge in [0.25, 0.3) is 11.8 Å². The Hall–Kier alpha value is -3.17. The van der Waals surface area contributed by atoms with E-state index in [2.05, 4.69) is 15.9 Å². The molecule has 156 valence electrons. The number of benzene rings is 2. The van der Waals surface area contributed by atoms with Crippen LogP contribution in [-0.2, 0) is 14.3 Å². The first-order valence-electron chi connectivity index (χ1n) is 8.91. The number of hydrogen-bond acceptors (Lipinski definition) is 6. The van der Waals surface area contributed by atoms with Crippen LogP contribution in [0, 0.1) is 0 Å². The average molecular weight is 475 g/mol. The number of carbonyl (C=O) groups excluding carboxylic acids is 3. The summed E-state index contributed by atoms with van der Waals surface area (Å²) in [6.07, 6.45) is 1.36. The number of anilines is 1. The van der Waals surface area contributed by atoms with Gasteiger partial charge < -0.3 is 14.6 Å². The normalized spacial score (nSPS) is 15.8. The van der Waals surface area contributed by atoms with Gasteiger partial charge in [0.05, 0.1) is 30.4 Å². The maximum Gasteiger partial charge on any atom is 0.338 e. The fraction of sp³-hybridized carbons (Fsp3) is 0.190. The second-order valence-corrected chi connectivity index (χ2v) is 7.17. The van der Waals surface area contributed by atoms with Crippen LogP contribution in [-0.4, -0.2) is 55.2 Å². The highest BCUT2D eigenvalue weighted by molar-refractivity contribution is 9.10. The van der Waals surface area contributed by atoms with Gasteiger partial charge in [0.15, 0.2) is 11.5 Å². The minimum Gasteiger partial charge on any atom is -0.503 e. The summed E-state index contributed by atoms with van der Waals surface area (Å²) in [5.74, 6) is -1.41. The number of urea groups is 1. The topological polar surface area (TPSA) is 96.4 Å². The lowest BCUT2D eigenvalue weighted by Gasteiger charge is -2.33. The summed E-state index contributed by atoms with van der Waals surface area (Å²) in [5.41, 5.74) is 0.578. The molecule has 0 unspecified atom stereocenters. The summed E-state index contributed by atoms with van der Waals surface area (Å²) in [6, 6.07) is 10.6. The number of barbiturate groups is 1. The zero-order chi connectivity index (χ0) is 21.8. The standard InChI is InChI=1S/C21H19BrN2O6/c1-29-9-8-23-19(26)15(10-13-11-16(22)18(25)17(12-13)30-2)20(27)24(21(23)28)14-6-4-3-5-7-14/h3-7,10-12,25H,8-9H2,1-2H3/b15-10-. The molecule has 3 rings (SSSR count). The number of amides is 4. The third-order valence-electron chi connectivity index (χ3n) is 4.45. The van der Waals surface area contributed by atoms with E-state index in [0.29, 0.717) is 15.7 Å². The maximum absolute atomic E-state index is 13.1. The van der Waals surface area contributed by atoms with E-state index in [0.717, 1.165) is 9.80 Å². The maximum atomic E-state index is 13.1. The van der Waals surface area contributed by atoms with Gasteiger partial charge >= 0.3 is 6.03 Å². The molecule has 1 fully saturated rings. The summed E-state index contributed by atoms with van der Waals surface area (Å²) in [5, 5.41) is 10.00. The summed E-state index contributed by atoms with van der Waals surface area (Å²) >= 11 is 3.22. The first-order valence-corrected chi connectivity index (χ1v) is 9.70. The monoisotopic (exact) mass is 474 g/mol. The van der Waals surface area contributed by atoms with Gasteiger partial charge in [-0.15, -0.1) is 0 Å². The van der Waals surface area contributed by atoms with Crippen molar-refractivity contribution in [3.63, 3.8) is 0 Å². The molecule has 1 saturated heterocycles. The van der Waals surface area contributed by atoms with Gasteiger partial charge in [-0.05, 0) is 51.8 Å². The Kier molecular flexibility index (Phi) is 6.53. The minimum absolute atomic E-state index is 0.00921. The van der Waals surface area contributed by atoms with Crippen LogP contribution in [0.3, 0.4) is 0 Å². The van der Waals surface area contributed by atoms with Crippen LogP contribution < -0.4 is 9.64 Å². The number of halogens is 1. The zero-order valence-electron chi connectivity index (χ0n) is 16.3. The fourth-order valence-corrected chi connectivity index (χ4v) is 3.42. The number of carbonyl (C=O) groups is 3. The second kappa shape index (κ2) is 9.10. The number of phenolic OH excluding ortho intramolecular Hbond substituents is 1. The highest BCUT2D eigenvalue weighted by Crippen LogP contribution is 2.36. The van der Waals surface area contributed by atoms with Gasteiger partial charge in [0, 0.05) is 7.11 Å². The van der Waals surface area contributed by atoms with Crippen molar-refractivity contribution in [3.8, 4) is 11.5 Å². The van der Waals surface area contributed by atoms with E-state index in [1.54, 1.807) is 30.3 Å². The van der Waals surface area contributed by atoms with Gasteiger partial charge in [-0.3, -0.25) is 14.5 Å². The van der Waals surface area contributed by atoms with E-state index >= 15 is 0 Å². The van der Waals surface area contributed by atoms with Crippen LogP contribution in [0.5, 0.6) is 11.5 Å². The number of ether oxygens (including phenoxy) is 2. The van der Waals surface area contributed by atoms with E-state index in [9.17, 15) is 19.5 Å². The lowest BCUT2D eigenvalue weighted by atomic mass is 10.0. The molecule has 1 N–H and O–H groups in total. The summed E-state index contributed by atoms with van der Waals surface area (Å²) in [7, 11) is 2.84. The van der Waals surface area contributed by atoms with Crippen molar-refractivity contribution in [1.82, 2.24) is 4.90 Å². The second-order valence-electron chi connectivity index (χ2n) is 6.32. The SMILES string of the molecule is COCCN1C(=O)/C(=C/c2cc(Br)c(O)c(OC)c2)C(=O)N(c2ccccc2)C1=O. The summed E-state index contributed by atoms with van der Waals surface area (Å²) in [6.45, 7) is 0.116. The largest absolute Gasteiger partial charge is 0.503 e. The highest BCUT2D eigenvalue weighted by Gasteiger charge is 2.42. The first-order chi connectivity index (χ1) is 14.4. The number of rotatable bonds is 6. The molecule has 0 spiro atoms. The molecule has 4 amide bonds. The quantitative estimate of drug-likeness (QED) is 0.510. The van der Waals surface area contributed by atoms with Crippen molar-refractivity contribution in [1.29, 1.82) is 0 Å². The number of para-hydroxylation sites is 1. The van der Waals surface area contributed by atoms with Crippen LogP contribution in [0.1, 0.15) is 5.56 Å². The summed E-state index contributed by atoms with van der Waals surface area (Å²) in [4.78, 5) is 41.0. The van der Waals surface area contributed by atoms with Crippen molar-refractivity contribution >= 4 is 45.5 Å². The Morgan fingerprint density at radius 1 is 1.07 bits per heavy atom. The number of aromatic hydroxyl groups is 1. The first kappa shape index (κ1) is 21.5. The van der Waals surface area contributed by atoms with Crippen molar-refractivity contribution in [2.75, 3.05) is 32.3 Å². The lowest BCUT2D eigenvalue weighted by molar-refractivity contribution is -0.129. The van der Waals surface area contributed by atoms with Crippen molar-refractivity contribution in [3.05, 3.63) is 58.1 Å². The lowest BCUT2D eigenvalue weighted by Crippen LogP contribution is -2.57. The number of methoxy groups -OCH3 is 2. The number of nitrogens with zero attached hydrogens (tertiary/aromatic N) is 2. The molecule has 2 aromatic rings. The van der Waals surface area contributed by atoms with Crippen molar-refractivity contribution in [2.45, 2.75) is 0 Å². The Balaban J connectivity index is 2.11. The van der Waals surface area contributed by atoms with E-state index in [-0.39, 0.29) is 30.2 Å². The Morgan fingerprint density at radius 3 is 2.40 bits per heavy atom. The molecule has 30 heavy (non-hydrogen) atoms. The van der Waals surface area contributed by atoms with Crippen LogP contribution in [0.2, 0.25) is 0 Å². The molecule has 0 bridgehead atoms. The molecule has 0 aromatic heterocycles. The number of imide groups is 2. The number of phenols is 1. The van der Waals surface area contributed by atoms with E-state index < -0.39 is 17.8 Å². The Bertz CT molecular complexity index is 1020. The van der Waals surface area contributed by atoms with Gasteiger partial charge in [-0.25, -0.2) is 9.69 Å². The smallest absolute Gasteiger partial charge is 0.338 e. The van der Waals surface area contributed by atoms with E-state index in [1.165, 1.54) is 32.4 Å². The molecule has 0 radical (unpaired) electrons. The van der Waals surface area contributed by atoms with Crippen LogP contribution in [0.15, 0.2) is 52.5 Å². The Labute approximate surface area is 181 Å². The van der Waals surface area contributed by atoms with Crippen molar-refractivity contribution < 1.29 is 29.0 Å². The molecular weight excluding hydrogens is 456 g/mol. The number of hydrogen-bond donors (Lipinski definition) is 1. The zero-order valence-corrected chi connectivity index (χ0v) is 17.9. The van der Waals surface area contributed by atoms with Gasteiger partial charge in [-0.1, -0.05) is 18.2 Å². The van der Waals surface area contributed by atoms with Crippen LogP contribution in [0.4, 0.5) is 10.5 Å². The average Bonchev–Trinajstić information content (AvgIpc) is 2.74. The predicted octanol–water partition coefficient (Wildman–Crippen LogP) is 3.19. The molecule has 8 nitrogen and oxygen atoms in total. The molecule has 1 aliphatic heterocycles. The van der Waals surface area contributed by atoms with E-state index in [1.807, 2.05) is 0 Å². The molecule has 0 saturated carbocycles. The molecular formula is C21H19BrN2O6. The van der Waals surface area contributed by atoms with Crippen LogP contribution in [0.25, 0.3) is 6.08 Å². The third-order valence-corrected chi connectivity index (χ3v) is 5.05. The van der Waals surface area contributed by atoms with Crippen molar-refractivity contribution in [2.24, 2.45) is 0 Å². The molecule has 1 heterocycles. The predicted molar refractivity (Wildman–Crippen MR) is 113 cm³/mol. The van der Waals surface area contributed by atoms with E-state index in [4.69, 9.17) is 9.47 Å². The van der Waals surface area contributed by atoms with Gasteiger partial charge in [-0.2, -0.15) is 0 Å². The molecule has 1 aliphatic rings. The van der Waals surface area contributed by atoms with Gasteiger partial charge in [0.1, 0.15) is 5.57 Å². The molecule has 2 aromatic carbocycles. The Morgan fingerprint density at radius 2 is 1.77 bits per heavy atom. The highest BCUT2D eigenvalue weighted by atomic mass is 79.9. The van der Waals surface area contributed by atoms with Crippen LogP contribution >= 0.6 is 15.9 Å². The molecule has 0 aliphatic carbocycles. The summed E-state index contributed by atoms with van der Waals surface area (Å²) < 4.78 is 10.5. The third kappa shape index (κ3) is 4.07.